The van der Waals surface area contributed by atoms with Crippen molar-refractivity contribution in [3.8, 4) is 5.75 Å². The number of nitrogens with zero attached hydrogens (tertiary/aromatic N) is 1. The Morgan fingerprint density at radius 1 is 1.79 bits per heavy atom. The molecule has 1 heterocycles. The molecule has 0 bridgehead atoms. The summed E-state index contributed by atoms with van der Waals surface area (Å²) in [5.74, 6) is -0.277. The van der Waals surface area contributed by atoms with E-state index in [4.69, 9.17) is 15.3 Å². The molecule has 0 saturated carbocycles. The van der Waals surface area contributed by atoms with E-state index in [1.807, 2.05) is 0 Å². The molecule has 1 aromatic rings. The lowest BCUT2D eigenvalue weighted by Crippen LogP contribution is -2.24. The number of nitrogens with one attached hydrogen (secondary N) is 1. The first kappa shape index (κ1) is 10.2. The third-order valence-electron chi connectivity index (χ3n) is 1.20. The van der Waals surface area contributed by atoms with Gasteiger partial charge in [-0.3, -0.25) is 10.2 Å². The summed E-state index contributed by atoms with van der Waals surface area (Å²) in [6.07, 6.45) is 2.13. The van der Waals surface area contributed by atoms with Gasteiger partial charge in [-0.15, -0.1) is 0 Å². The lowest BCUT2D eigenvalue weighted by molar-refractivity contribution is 0.427. The molecule has 0 amide bonds. The van der Waals surface area contributed by atoms with Crippen LogP contribution in [0.2, 0.25) is 0 Å². The van der Waals surface area contributed by atoms with Crippen LogP contribution >= 0.6 is 12.2 Å². The topological polar surface area (TPSA) is 101 Å². The molecule has 1 aromatic heterocycles. The summed E-state index contributed by atoms with van der Waals surface area (Å²) in [6, 6.07) is 1.08. The predicted octanol–water partition coefficient (Wildman–Crippen LogP) is -0.488. The molecule has 0 aliphatic heterocycles. The van der Waals surface area contributed by atoms with Crippen molar-refractivity contribution >= 4 is 23.5 Å². The largest absolute Gasteiger partial charge is 0.502 e. The van der Waals surface area contributed by atoms with Crippen LogP contribution in [-0.4, -0.2) is 16.4 Å². The summed E-state index contributed by atoms with van der Waals surface area (Å²) >= 11 is 4.48. The van der Waals surface area contributed by atoms with Crippen molar-refractivity contribution in [1.82, 2.24) is 5.43 Å². The van der Waals surface area contributed by atoms with Gasteiger partial charge in [0.25, 0.3) is 0 Å². The first-order valence-corrected chi connectivity index (χ1v) is 3.91. The second-order valence-electron chi connectivity index (χ2n) is 2.27. The molecule has 0 fully saturated rings. The van der Waals surface area contributed by atoms with Gasteiger partial charge in [0.2, 0.25) is 5.43 Å². The molecule has 0 aromatic carbocycles. The molecular weight excluding hydrogens is 206 g/mol. The number of hydrazone groups is 1. The smallest absolute Gasteiger partial charge is 0.227 e. The molecule has 0 saturated heterocycles. The van der Waals surface area contributed by atoms with E-state index in [0.29, 0.717) is 0 Å². The number of hydrogen-bond acceptors (Lipinski definition) is 5. The number of thiocarbonyl (C=S) groups is 1. The molecule has 0 atom stereocenters. The van der Waals surface area contributed by atoms with Crippen molar-refractivity contribution in [2.45, 2.75) is 0 Å². The van der Waals surface area contributed by atoms with Gasteiger partial charge in [0.15, 0.2) is 16.6 Å². The molecule has 1 rings (SSSR count). The van der Waals surface area contributed by atoms with Crippen molar-refractivity contribution in [2.75, 3.05) is 0 Å². The van der Waals surface area contributed by atoms with Crippen molar-refractivity contribution in [3.05, 3.63) is 28.3 Å². The number of nitrogens with two attached hydrogens (primary N) is 1. The molecule has 0 aliphatic carbocycles. The first-order chi connectivity index (χ1) is 6.59. The average Bonchev–Trinajstić information content (AvgIpc) is 2.10. The molecule has 6 nitrogen and oxygen atoms in total. The van der Waals surface area contributed by atoms with Crippen LogP contribution in [0.1, 0.15) is 5.76 Å². The maximum Gasteiger partial charge on any atom is 0.227 e. The van der Waals surface area contributed by atoms with Gasteiger partial charge in [-0.2, -0.15) is 5.10 Å². The van der Waals surface area contributed by atoms with Crippen molar-refractivity contribution in [1.29, 1.82) is 0 Å². The van der Waals surface area contributed by atoms with Gasteiger partial charge in [-0.25, -0.2) is 0 Å². The molecular formula is C7H7N3O3S. The van der Waals surface area contributed by atoms with Crippen LogP contribution in [0.5, 0.6) is 5.75 Å². The molecule has 0 unspecified atom stereocenters. The Hall–Kier alpha value is -1.89. The number of rotatable bonds is 2. The fourth-order valence-electron chi connectivity index (χ4n) is 0.646. The monoisotopic (exact) mass is 213 g/mol. The number of hydrogen-bond donors (Lipinski definition) is 3. The maximum atomic E-state index is 10.9. The summed E-state index contributed by atoms with van der Waals surface area (Å²) in [6.45, 7) is 0. The zero-order valence-electron chi connectivity index (χ0n) is 6.93. The predicted molar refractivity (Wildman–Crippen MR) is 54.2 cm³/mol. The van der Waals surface area contributed by atoms with E-state index in [9.17, 15) is 4.79 Å². The minimum Gasteiger partial charge on any atom is -0.502 e. The van der Waals surface area contributed by atoms with Crippen molar-refractivity contribution in [2.24, 2.45) is 10.8 Å². The highest BCUT2D eigenvalue weighted by molar-refractivity contribution is 7.80. The highest BCUT2D eigenvalue weighted by Gasteiger charge is 1.98. The molecule has 0 spiro atoms. The Balaban J connectivity index is 2.78. The number of aromatic hydroxyl groups is 1. The summed E-state index contributed by atoms with van der Waals surface area (Å²) in [5.41, 5.74) is 6.82. The Morgan fingerprint density at radius 3 is 3.07 bits per heavy atom. The lowest BCUT2D eigenvalue weighted by atomic mass is 10.4. The fraction of sp³-hybridized carbons (Fsp3) is 0. The van der Waals surface area contributed by atoms with Crippen LogP contribution < -0.4 is 16.6 Å². The van der Waals surface area contributed by atoms with Gasteiger partial charge in [0.1, 0.15) is 6.26 Å². The Bertz CT molecular complexity index is 426. The molecule has 0 aliphatic rings. The van der Waals surface area contributed by atoms with Crippen molar-refractivity contribution < 1.29 is 9.52 Å². The third kappa shape index (κ3) is 2.87. The normalized spacial score (nSPS) is 10.3. The second kappa shape index (κ2) is 4.38. The van der Waals surface area contributed by atoms with E-state index >= 15 is 0 Å². The zero-order valence-corrected chi connectivity index (χ0v) is 7.75. The van der Waals surface area contributed by atoms with Gasteiger partial charge >= 0.3 is 0 Å². The third-order valence-corrected chi connectivity index (χ3v) is 1.29. The van der Waals surface area contributed by atoms with Crippen LogP contribution in [0.15, 0.2) is 26.6 Å². The highest BCUT2D eigenvalue weighted by atomic mass is 32.1. The minimum atomic E-state index is -0.548. The van der Waals surface area contributed by atoms with Gasteiger partial charge < -0.3 is 15.3 Å². The molecule has 14 heavy (non-hydrogen) atoms. The Kier molecular flexibility index (Phi) is 3.19. The Labute approximate surface area is 84.0 Å². The Morgan fingerprint density at radius 2 is 2.50 bits per heavy atom. The van der Waals surface area contributed by atoms with E-state index in [1.165, 1.54) is 6.21 Å². The zero-order chi connectivity index (χ0) is 10.6. The van der Waals surface area contributed by atoms with Crippen LogP contribution in [-0.2, 0) is 0 Å². The molecule has 4 N–H and O–H groups in total. The first-order valence-electron chi connectivity index (χ1n) is 3.50. The maximum absolute atomic E-state index is 10.9. The van der Waals surface area contributed by atoms with Gasteiger partial charge in [0.05, 0.1) is 6.21 Å². The SMILES string of the molecule is NC(=S)N/N=C/c1cc(=O)c(O)co1. The molecule has 74 valence electrons. The van der Waals surface area contributed by atoms with Crippen LogP contribution in [0.3, 0.4) is 0 Å². The lowest BCUT2D eigenvalue weighted by Gasteiger charge is -1.94. The van der Waals surface area contributed by atoms with E-state index in [-0.39, 0.29) is 10.9 Å². The molecule has 0 radical (unpaired) electrons. The summed E-state index contributed by atoms with van der Waals surface area (Å²) < 4.78 is 4.80. The summed E-state index contributed by atoms with van der Waals surface area (Å²) in [5, 5.41) is 12.4. The van der Waals surface area contributed by atoms with E-state index in [0.717, 1.165) is 12.3 Å². The molecule has 7 heteroatoms. The van der Waals surface area contributed by atoms with E-state index < -0.39 is 11.2 Å². The average molecular weight is 213 g/mol. The van der Waals surface area contributed by atoms with E-state index in [2.05, 4.69) is 22.7 Å². The van der Waals surface area contributed by atoms with Gasteiger partial charge in [0, 0.05) is 6.07 Å². The fourth-order valence-corrected chi connectivity index (χ4v) is 0.699. The minimum absolute atomic E-state index is 0.00220. The van der Waals surface area contributed by atoms with Gasteiger partial charge in [-0.1, -0.05) is 0 Å². The van der Waals surface area contributed by atoms with Crippen LogP contribution in [0.4, 0.5) is 0 Å². The summed E-state index contributed by atoms with van der Waals surface area (Å²) in [7, 11) is 0. The van der Waals surface area contributed by atoms with Crippen LogP contribution in [0, 0.1) is 0 Å². The summed E-state index contributed by atoms with van der Waals surface area (Å²) in [4.78, 5) is 10.9. The quantitative estimate of drug-likeness (QED) is 0.348. The van der Waals surface area contributed by atoms with Crippen LogP contribution in [0.25, 0.3) is 0 Å². The standard InChI is InChI=1S/C7H7N3O3S/c8-7(14)10-9-2-4-1-5(11)6(12)3-13-4/h1-3,12H,(H3,8,10,14)/b9-2+. The second-order valence-corrected chi connectivity index (χ2v) is 2.71. The highest BCUT2D eigenvalue weighted by Crippen LogP contribution is 2.00. The van der Waals surface area contributed by atoms with Crippen molar-refractivity contribution in [3.63, 3.8) is 0 Å². The van der Waals surface area contributed by atoms with Gasteiger partial charge in [-0.05, 0) is 12.2 Å². The van der Waals surface area contributed by atoms with E-state index in [1.54, 1.807) is 0 Å².